The Labute approximate surface area is 275 Å². The van der Waals surface area contributed by atoms with Crippen molar-refractivity contribution in [3.8, 4) is 39.3 Å². The van der Waals surface area contributed by atoms with Crippen LogP contribution in [0, 0.1) is 0 Å². The third-order valence-corrected chi connectivity index (χ3v) is 10.0. The number of fused-ring (bicyclic) bond motifs is 9. The van der Waals surface area contributed by atoms with Crippen LogP contribution < -0.4 is 0 Å². The van der Waals surface area contributed by atoms with Crippen LogP contribution in [0.2, 0.25) is 0 Å². The van der Waals surface area contributed by atoms with E-state index in [2.05, 4.69) is 105 Å². The van der Waals surface area contributed by atoms with Crippen molar-refractivity contribution in [2.75, 3.05) is 0 Å². The van der Waals surface area contributed by atoms with Gasteiger partial charge in [0.1, 0.15) is 5.82 Å². The molecule has 0 saturated heterocycles. The van der Waals surface area contributed by atoms with Gasteiger partial charge in [-0.3, -0.25) is 4.57 Å². The van der Waals surface area contributed by atoms with Crippen LogP contribution in [0.25, 0.3) is 71.9 Å². The molecule has 1 aliphatic rings. The summed E-state index contributed by atoms with van der Waals surface area (Å²) in [7, 11) is 0. The van der Waals surface area contributed by atoms with Gasteiger partial charge in [0.05, 0.1) is 16.6 Å². The highest BCUT2D eigenvalue weighted by molar-refractivity contribution is 6.24. The second-order valence-corrected chi connectivity index (χ2v) is 13.1. The van der Waals surface area contributed by atoms with E-state index in [0.29, 0.717) is 11.5 Å². The van der Waals surface area contributed by atoms with Gasteiger partial charge in [-0.1, -0.05) is 123 Å². The summed E-state index contributed by atoms with van der Waals surface area (Å²) in [6, 6.07) is 45.4. The van der Waals surface area contributed by atoms with Crippen molar-refractivity contribution in [2.24, 2.45) is 0 Å². The van der Waals surface area contributed by atoms with Crippen molar-refractivity contribution in [2.45, 2.75) is 25.4 Å². The van der Waals surface area contributed by atoms with E-state index < -0.39 is 11.7 Å². The highest BCUT2D eigenvalue weighted by Crippen LogP contribution is 2.49. The molecule has 232 valence electrons. The summed E-state index contributed by atoms with van der Waals surface area (Å²) in [5.41, 5.74) is 9.84. The molecule has 0 spiro atoms. The molecule has 0 saturated carbocycles. The molecule has 0 unspecified atom stereocenters. The molecule has 0 fully saturated rings. The lowest BCUT2D eigenvalue weighted by atomic mass is 9.82. The standard InChI is InChI=1S/C43H29F3N2/c1-42(2)37-14-8-7-11-33(37)36-25-28(19-24-38(36)42)26-15-17-27(18-16-26)41-47-39-34-12-5-3-9-31(34)32-10-4-6-13-35(32)40(39)48(41)30-22-20-29(21-23-30)43(44,45)46/h3-25H,1-2H3. The third-order valence-electron chi connectivity index (χ3n) is 10.0. The molecule has 8 aromatic rings. The minimum atomic E-state index is -4.42. The Kier molecular flexibility index (Phi) is 6.04. The minimum absolute atomic E-state index is 0.0555. The highest BCUT2D eigenvalue weighted by atomic mass is 19.4. The molecule has 1 aliphatic carbocycles. The van der Waals surface area contributed by atoms with Gasteiger partial charge >= 0.3 is 6.18 Å². The number of hydrogen-bond donors (Lipinski definition) is 0. The van der Waals surface area contributed by atoms with E-state index in [1.807, 2.05) is 28.8 Å². The van der Waals surface area contributed by atoms with Gasteiger partial charge in [-0.25, -0.2) is 4.98 Å². The zero-order chi connectivity index (χ0) is 32.8. The quantitative estimate of drug-likeness (QED) is 0.178. The van der Waals surface area contributed by atoms with E-state index in [1.165, 1.54) is 34.4 Å². The van der Waals surface area contributed by atoms with Crippen LogP contribution in [0.4, 0.5) is 13.2 Å². The van der Waals surface area contributed by atoms with Crippen molar-refractivity contribution in [3.05, 3.63) is 156 Å². The average molecular weight is 631 g/mol. The van der Waals surface area contributed by atoms with Crippen molar-refractivity contribution >= 4 is 32.6 Å². The monoisotopic (exact) mass is 630 g/mol. The Morgan fingerprint density at radius 1 is 0.542 bits per heavy atom. The van der Waals surface area contributed by atoms with E-state index in [-0.39, 0.29) is 5.41 Å². The van der Waals surface area contributed by atoms with Gasteiger partial charge in [0, 0.05) is 27.4 Å². The molecule has 0 radical (unpaired) electrons. The van der Waals surface area contributed by atoms with E-state index in [0.717, 1.165) is 61.4 Å². The number of rotatable bonds is 3. The number of imidazole rings is 1. The molecule has 0 N–H and O–H groups in total. The third kappa shape index (κ3) is 4.17. The summed E-state index contributed by atoms with van der Waals surface area (Å²) in [4.78, 5) is 5.24. The summed E-state index contributed by atoms with van der Waals surface area (Å²) >= 11 is 0. The first-order chi connectivity index (χ1) is 23.2. The Morgan fingerprint density at radius 3 is 1.81 bits per heavy atom. The zero-order valence-electron chi connectivity index (χ0n) is 26.3. The summed E-state index contributed by atoms with van der Waals surface area (Å²) in [5, 5.41) is 4.14. The smallest absolute Gasteiger partial charge is 0.292 e. The van der Waals surface area contributed by atoms with Gasteiger partial charge < -0.3 is 0 Å². The molecule has 0 amide bonds. The minimum Gasteiger partial charge on any atom is -0.292 e. The second-order valence-electron chi connectivity index (χ2n) is 13.1. The first kappa shape index (κ1) is 28.5. The molecule has 7 aromatic carbocycles. The maximum Gasteiger partial charge on any atom is 0.416 e. The number of alkyl halides is 3. The Bertz CT molecular complexity index is 2550. The largest absolute Gasteiger partial charge is 0.416 e. The fourth-order valence-corrected chi connectivity index (χ4v) is 7.66. The molecule has 0 atom stereocenters. The first-order valence-corrected chi connectivity index (χ1v) is 16.0. The zero-order valence-corrected chi connectivity index (χ0v) is 26.3. The van der Waals surface area contributed by atoms with Crippen LogP contribution >= 0.6 is 0 Å². The van der Waals surface area contributed by atoms with Crippen LogP contribution in [0.15, 0.2) is 140 Å². The molecular formula is C43H29F3N2. The molecule has 2 nitrogen and oxygen atoms in total. The normalized spacial score (nSPS) is 13.7. The average Bonchev–Trinajstić information content (AvgIpc) is 3.62. The van der Waals surface area contributed by atoms with Crippen molar-refractivity contribution in [1.29, 1.82) is 0 Å². The lowest BCUT2D eigenvalue weighted by Crippen LogP contribution is -2.14. The summed E-state index contributed by atoms with van der Waals surface area (Å²) in [6.45, 7) is 4.56. The fourth-order valence-electron chi connectivity index (χ4n) is 7.66. The predicted molar refractivity (Wildman–Crippen MR) is 190 cm³/mol. The fraction of sp³-hybridized carbons (Fsp3) is 0.0930. The summed E-state index contributed by atoms with van der Waals surface area (Å²) in [6.07, 6.45) is -4.42. The number of aromatic nitrogens is 2. The molecular weight excluding hydrogens is 601 g/mol. The second kappa shape index (κ2) is 10.2. The molecule has 1 heterocycles. The SMILES string of the molecule is CC1(C)c2ccccc2-c2cc(-c3ccc(-c4nc5c6ccccc6c6ccccc6c5n4-c4ccc(C(F)(F)F)cc4)cc3)ccc21. The number of halogens is 3. The van der Waals surface area contributed by atoms with Gasteiger partial charge in [-0.2, -0.15) is 13.2 Å². The van der Waals surface area contributed by atoms with Crippen LogP contribution in [-0.4, -0.2) is 9.55 Å². The maximum absolute atomic E-state index is 13.6. The van der Waals surface area contributed by atoms with Gasteiger partial charge in [0.25, 0.3) is 0 Å². The predicted octanol–water partition coefficient (Wildman–Crippen LogP) is 12.0. The molecule has 1 aromatic heterocycles. The number of nitrogens with zero attached hydrogens (tertiary/aromatic N) is 2. The Balaban J connectivity index is 1.24. The molecule has 48 heavy (non-hydrogen) atoms. The topological polar surface area (TPSA) is 17.8 Å². The Hall–Kier alpha value is -5.68. The van der Waals surface area contributed by atoms with E-state index in [4.69, 9.17) is 4.98 Å². The van der Waals surface area contributed by atoms with Gasteiger partial charge in [0.15, 0.2) is 0 Å². The molecule has 0 bridgehead atoms. The van der Waals surface area contributed by atoms with Crippen LogP contribution in [-0.2, 0) is 11.6 Å². The first-order valence-electron chi connectivity index (χ1n) is 16.0. The number of hydrogen-bond acceptors (Lipinski definition) is 1. The molecule has 5 heteroatoms. The van der Waals surface area contributed by atoms with Gasteiger partial charge in [0.2, 0.25) is 0 Å². The number of benzene rings is 7. The Morgan fingerprint density at radius 2 is 1.10 bits per heavy atom. The van der Waals surface area contributed by atoms with E-state index >= 15 is 0 Å². The molecule has 0 aliphatic heterocycles. The van der Waals surface area contributed by atoms with Crippen LogP contribution in [0.3, 0.4) is 0 Å². The van der Waals surface area contributed by atoms with Crippen LogP contribution in [0.1, 0.15) is 30.5 Å². The maximum atomic E-state index is 13.6. The molecule has 9 rings (SSSR count). The lowest BCUT2D eigenvalue weighted by Gasteiger charge is -2.21. The summed E-state index contributed by atoms with van der Waals surface area (Å²) in [5.74, 6) is 0.669. The van der Waals surface area contributed by atoms with E-state index in [1.54, 1.807) is 0 Å². The van der Waals surface area contributed by atoms with Crippen molar-refractivity contribution in [3.63, 3.8) is 0 Å². The van der Waals surface area contributed by atoms with E-state index in [9.17, 15) is 13.2 Å². The van der Waals surface area contributed by atoms with Gasteiger partial charge in [-0.05, 0) is 74.5 Å². The summed E-state index contributed by atoms with van der Waals surface area (Å²) < 4.78 is 42.8. The van der Waals surface area contributed by atoms with Gasteiger partial charge in [-0.15, -0.1) is 0 Å². The van der Waals surface area contributed by atoms with Crippen molar-refractivity contribution < 1.29 is 13.2 Å². The van der Waals surface area contributed by atoms with Crippen molar-refractivity contribution in [1.82, 2.24) is 9.55 Å². The lowest BCUT2D eigenvalue weighted by molar-refractivity contribution is -0.137. The highest BCUT2D eigenvalue weighted by Gasteiger charge is 2.35. The van der Waals surface area contributed by atoms with Crippen LogP contribution in [0.5, 0.6) is 0 Å².